The van der Waals surface area contributed by atoms with Crippen molar-refractivity contribution < 1.29 is 13.2 Å². The molecule has 0 bridgehead atoms. The van der Waals surface area contributed by atoms with E-state index in [1.54, 1.807) is 18.2 Å². The van der Waals surface area contributed by atoms with Crippen molar-refractivity contribution in [2.24, 2.45) is 0 Å². The fraction of sp³-hybridized carbons (Fsp3) is 0.333. The molecule has 0 radical (unpaired) electrons. The van der Waals surface area contributed by atoms with Crippen molar-refractivity contribution in [3.05, 3.63) is 62.8 Å². The third-order valence-corrected chi connectivity index (χ3v) is 6.56. The number of fused-ring (bicyclic) bond motifs is 1. The van der Waals surface area contributed by atoms with Gasteiger partial charge >= 0.3 is 0 Å². The van der Waals surface area contributed by atoms with Gasteiger partial charge in [-0.05, 0) is 49.2 Å². The molecule has 1 amide bonds. The number of nitrogens with zero attached hydrogens (tertiary/aromatic N) is 3. The zero-order valence-electron chi connectivity index (χ0n) is 16.8. The lowest BCUT2D eigenvalue weighted by Crippen LogP contribution is -2.30. The number of rotatable bonds is 8. The van der Waals surface area contributed by atoms with Crippen molar-refractivity contribution in [1.82, 2.24) is 13.9 Å². The summed E-state index contributed by atoms with van der Waals surface area (Å²) in [5.74, 6) is 0.263. The monoisotopic (exact) mass is 511 g/mol. The second-order valence-electron chi connectivity index (χ2n) is 7.06. The molecule has 1 heterocycles. The maximum Gasteiger partial charge on any atom is 0.267 e. The number of hydrogen-bond acceptors (Lipinski definition) is 4. The van der Waals surface area contributed by atoms with Crippen molar-refractivity contribution in [2.45, 2.75) is 39.7 Å². The molecule has 1 aromatic heterocycles. The van der Waals surface area contributed by atoms with Gasteiger partial charge in [-0.15, -0.1) is 0 Å². The van der Waals surface area contributed by atoms with Crippen molar-refractivity contribution in [3.63, 3.8) is 0 Å². The highest BCUT2D eigenvalue weighted by Crippen LogP contribution is 2.25. The molecule has 0 unspecified atom stereocenters. The Kier molecular flexibility index (Phi) is 7.55. The third-order valence-electron chi connectivity index (χ3n) is 4.93. The Hall–Kier alpha value is -1.90. The molecule has 0 aliphatic rings. The van der Waals surface area contributed by atoms with Crippen LogP contribution in [0.1, 0.15) is 47.9 Å². The van der Waals surface area contributed by atoms with E-state index in [9.17, 15) is 13.2 Å². The van der Waals surface area contributed by atoms with Gasteiger partial charge < -0.3 is 4.57 Å². The fourth-order valence-corrected chi connectivity index (χ4v) is 4.62. The first-order chi connectivity index (χ1) is 14.3. The van der Waals surface area contributed by atoms with Crippen LogP contribution in [0.3, 0.4) is 0 Å². The Morgan fingerprint density at radius 1 is 1.20 bits per heavy atom. The van der Waals surface area contributed by atoms with Crippen LogP contribution < -0.4 is 0 Å². The molecule has 0 atom stereocenters. The molecule has 9 heteroatoms. The second kappa shape index (κ2) is 9.94. The average molecular weight is 513 g/mol. The van der Waals surface area contributed by atoms with Gasteiger partial charge in [0.05, 0.1) is 17.6 Å². The highest BCUT2D eigenvalue weighted by molar-refractivity contribution is 9.10. The first-order valence-corrected chi connectivity index (χ1v) is 12.0. The van der Waals surface area contributed by atoms with Crippen LogP contribution >= 0.6 is 27.5 Å². The predicted octanol–water partition coefficient (Wildman–Crippen LogP) is 4.97. The average Bonchev–Trinajstić information content (AvgIpc) is 3.01. The standard InChI is InChI=1S/C21H23BrClN3O3S/c1-3-4-5-10-26(30(28)29)21(27)15-7-9-19-20(11-15)25(14(2)24-19)13-16-6-8-17(22)12-18(16)23/h6-9,11-12,30H,3-5,10,13H2,1-2H3. The number of hydrogen-bond donors (Lipinski definition) is 1. The van der Waals surface area contributed by atoms with Gasteiger partial charge in [0, 0.05) is 21.6 Å². The smallest absolute Gasteiger partial charge is 0.267 e. The Morgan fingerprint density at radius 2 is 1.97 bits per heavy atom. The summed E-state index contributed by atoms with van der Waals surface area (Å²) >= 11 is 9.78. The Labute approximate surface area is 191 Å². The Morgan fingerprint density at radius 3 is 2.63 bits per heavy atom. The van der Waals surface area contributed by atoms with Crippen LogP contribution in [0.5, 0.6) is 0 Å². The summed E-state index contributed by atoms with van der Waals surface area (Å²) < 4.78 is 27.1. The molecular weight excluding hydrogens is 490 g/mol. The van der Waals surface area contributed by atoms with E-state index < -0.39 is 16.8 Å². The fourth-order valence-electron chi connectivity index (χ4n) is 3.31. The lowest BCUT2D eigenvalue weighted by atomic mass is 10.1. The molecule has 0 N–H and O–H groups in total. The van der Waals surface area contributed by atoms with Crippen LogP contribution in [0.15, 0.2) is 40.9 Å². The minimum atomic E-state index is -3.00. The maximum absolute atomic E-state index is 12.9. The summed E-state index contributed by atoms with van der Waals surface area (Å²) in [6, 6.07) is 10.8. The van der Waals surface area contributed by atoms with E-state index in [-0.39, 0.29) is 6.54 Å². The zero-order valence-corrected chi connectivity index (χ0v) is 20.0. The molecular formula is C21H23BrClN3O3S. The van der Waals surface area contributed by atoms with Gasteiger partial charge in [0.1, 0.15) is 5.82 Å². The van der Waals surface area contributed by atoms with Crippen LogP contribution in [0, 0.1) is 6.92 Å². The second-order valence-corrected chi connectivity index (χ2v) is 9.34. The number of imidazole rings is 1. The van der Waals surface area contributed by atoms with Crippen LogP contribution in [-0.4, -0.2) is 34.7 Å². The summed E-state index contributed by atoms with van der Waals surface area (Å²) in [7, 11) is -3.00. The summed E-state index contributed by atoms with van der Waals surface area (Å²) in [4.78, 5) is 17.4. The lowest BCUT2D eigenvalue weighted by molar-refractivity contribution is 0.0863. The number of aryl methyl sites for hydroxylation is 1. The molecule has 6 nitrogen and oxygen atoms in total. The quantitative estimate of drug-likeness (QED) is 0.342. The van der Waals surface area contributed by atoms with Gasteiger partial charge in [0.25, 0.3) is 5.91 Å². The van der Waals surface area contributed by atoms with E-state index in [1.165, 1.54) is 0 Å². The highest BCUT2D eigenvalue weighted by Gasteiger charge is 2.19. The molecule has 0 aliphatic heterocycles. The normalized spacial score (nSPS) is 11.4. The third kappa shape index (κ3) is 5.04. The topological polar surface area (TPSA) is 72.3 Å². The number of carbonyl (C=O) groups excluding carboxylic acids is 1. The maximum atomic E-state index is 12.9. The Bertz CT molecular complexity index is 1150. The molecule has 160 valence electrons. The van der Waals surface area contributed by atoms with Crippen LogP contribution in [0.2, 0.25) is 5.02 Å². The molecule has 0 spiro atoms. The molecule has 3 rings (SSSR count). The summed E-state index contributed by atoms with van der Waals surface area (Å²) in [5, 5.41) is 0.628. The van der Waals surface area contributed by atoms with Crippen molar-refractivity contribution in [2.75, 3.05) is 6.54 Å². The van der Waals surface area contributed by atoms with Gasteiger partial charge in [0.2, 0.25) is 10.9 Å². The first kappa shape index (κ1) is 22.8. The van der Waals surface area contributed by atoms with E-state index in [0.717, 1.165) is 44.0 Å². The number of amides is 1. The summed E-state index contributed by atoms with van der Waals surface area (Å²) in [5.41, 5.74) is 2.73. The minimum absolute atomic E-state index is 0.191. The first-order valence-electron chi connectivity index (χ1n) is 9.68. The number of carbonyl (C=O) groups is 1. The number of unbranched alkanes of at least 4 members (excludes halogenated alkanes) is 2. The van der Waals surface area contributed by atoms with Gasteiger partial charge in [0.15, 0.2) is 0 Å². The van der Waals surface area contributed by atoms with Crippen LogP contribution in [0.4, 0.5) is 0 Å². The van der Waals surface area contributed by atoms with E-state index >= 15 is 0 Å². The predicted molar refractivity (Wildman–Crippen MR) is 124 cm³/mol. The molecule has 0 saturated carbocycles. The lowest BCUT2D eigenvalue weighted by Gasteiger charge is -2.16. The summed E-state index contributed by atoms with van der Waals surface area (Å²) in [6.45, 7) is 4.59. The molecule has 30 heavy (non-hydrogen) atoms. The zero-order chi connectivity index (χ0) is 21.8. The van der Waals surface area contributed by atoms with Crippen molar-refractivity contribution >= 4 is 55.4 Å². The summed E-state index contributed by atoms with van der Waals surface area (Å²) in [6.07, 6.45) is 2.46. The number of halogens is 2. The number of aromatic nitrogens is 2. The van der Waals surface area contributed by atoms with Crippen molar-refractivity contribution in [3.8, 4) is 0 Å². The van der Waals surface area contributed by atoms with Gasteiger partial charge in [-0.2, -0.15) is 0 Å². The molecule has 0 fully saturated rings. The van der Waals surface area contributed by atoms with Crippen LogP contribution in [-0.2, 0) is 17.4 Å². The van der Waals surface area contributed by atoms with E-state index in [4.69, 9.17) is 11.6 Å². The highest BCUT2D eigenvalue weighted by atomic mass is 79.9. The van der Waals surface area contributed by atoms with E-state index in [1.807, 2.05) is 36.6 Å². The molecule has 3 aromatic rings. The molecule has 0 saturated heterocycles. The largest absolute Gasteiger partial charge is 0.324 e. The van der Waals surface area contributed by atoms with Gasteiger partial charge in [-0.3, -0.25) is 4.79 Å². The minimum Gasteiger partial charge on any atom is -0.324 e. The Balaban J connectivity index is 1.96. The molecule has 2 aromatic carbocycles. The number of benzene rings is 2. The van der Waals surface area contributed by atoms with E-state index in [2.05, 4.69) is 20.9 Å². The van der Waals surface area contributed by atoms with Gasteiger partial charge in [-0.1, -0.05) is 53.4 Å². The number of thiol groups is 1. The SMILES string of the molecule is CCCCCN(C(=O)c1ccc2nc(C)n(Cc3ccc(Br)cc3Cl)c2c1)[SH](=O)=O. The molecule has 0 aliphatic carbocycles. The van der Waals surface area contributed by atoms with Gasteiger partial charge in [-0.25, -0.2) is 17.7 Å². The van der Waals surface area contributed by atoms with Crippen LogP contribution in [0.25, 0.3) is 11.0 Å². The van der Waals surface area contributed by atoms with Crippen molar-refractivity contribution in [1.29, 1.82) is 0 Å². The van der Waals surface area contributed by atoms with E-state index in [0.29, 0.717) is 23.6 Å².